The average molecular weight is 501 g/mol. The van der Waals surface area contributed by atoms with E-state index >= 15 is 0 Å². The van der Waals surface area contributed by atoms with Gasteiger partial charge in [-0.1, -0.05) is 35.9 Å². The Morgan fingerprint density at radius 1 is 1.26 bits per heavy atom. The monoisotopic (exact) mass is 500 g/mol. The lowest BCUT2D eigenvalue weighted by molar-refractivity contribution is 0.0999. The molecule has 0 fully saturated rings. The number of nitrogens with two attached hydrogens (primary N) is 1. The van der Waals surface area contributed by atoms with Gasteiger partial charge in [0.1, 0.15) is 5.75 Å². The molecule has 0 spiro atoms. The van der Waals surface area contributed by atoms with Crippen molar-refractivity contribution >= 4 is 35.8 Å². The van der Waals surface area contributed by atoms with Crippen molar-refractivity contribution in [1.82, 2.24) is 0 Å². The predicted octanol–water partition coefficient (Wildman–Crippen LogP) is 6.81. The first-order valence-electron chi connectivity index (χ1n) is 12.4. The number of carbonyl (C=O) groups excluding carboxylic acids is 1. The highest BCUT2D eigenvalue weighted by Crippen LogP contribution is 2.43. The molecule has 184 valence electrons. The zero-order chi connectivity index (χ0) is 24.3. The number of rotatable bonds is 12. The van der Waals surface area contributed by atoms with E-state index in [1.54, 1.807) is 0 Å². The summed E-state index contributed by atoms with van der Waals surface area (Å²) in [5, 5.41) is 0.778. The molecule has 2 aromatic rings. The highest BCUT2D eigenvalue weighted by molar-refractivity contribution is 7.80. The third-order valence-electron chi connectivity index (χ3n) is 6.36. The topological polar surface area (TPSA) is 55.6 Å². The van der Waals surface area contributed by atoms with E-state index in [2.05, 4.69) is 42.7 Å². The normalized spacial score (nSPS) is 15.9. The smallest absolute Gasteiger partial charge is 0.249 e. The fourth-order valence-corrected chi connectivity index (χ4v) is 5.06. The van der Waals surface area contributed by atoms with E-state index in [4.69, 9.17) is 22.1 Å². The summed E-state index contributed by atoms with van der Waals surface area (Å²) in [5.41, 5.74) is 9.74. The molecule has 0 saturated carbocycles. The number of unbranched alkanes of at least 4 members (excludes halogenated alkanes) is 2. The lowest BCUT2D eigenvalue weighted by Crippen LogP contribution is -2.25. The second-order valence-electron chi connectivity index (χ2n) is 8.80. The van der Waals surface area contributed by atoms with E-state index in [0.717, 1.165) is 85.8 Å². The Bertz CT molecular complexity index is 979. The average Bonchev–Trinajstić information content (AvgIpc) is 3.01. The van der Waals surface area contributed by atoms with Crippen LogP contribution in [0.5, 0.6) is 5.75 Å². The highest BCUT2D eigenvalue weighted by atomic mass is 35.5. The number of halogens is 1. The lowest BCUT2D eigenvalue weighted by atomic mass is 9.88. The van der Waals surface area contributed by atoms with Crippen LogP contribution in [0.25, 0.3) is 0 Å². The minimum Gasteiger partial charge on any atom is -0.491 e. The number of thiol groups is 1. The van der Waals surface area contributed by atoms with Crippen molar-refractivity contribution in [3.63, 3.8) is 0 Å². The van der Waals surface area contributed by atoms with Gasteiger partial charge in [0.2, 0.25) is 5.91 Å². The molecule has 0 radical (unpaired) electrons. The maximum absolute atomic E-state index is 12.4. The van der Waals surface area contributed by atoms with Crippen LogP contribution in [0.1, 0.15) is 72.9 Å². The molecule has 1 heterocycles. The molecule has 0 aromatic heterocycles. The Labute approximate surface area is 214 Å². The quantitative estimate of drug-likeness (QED) is 0.191. The van der Waals surface area contributed by atoms with Crippen molar-refractivity contribution in [1.29, 1.82) is 0 Å². The second-order valence-corrected chi connectivity index (χ2v) is 9.68. The van der Waals surface area contributed by atoms with Crippen molar-refractivity contribution in [2.45, 2.75) is 57.8 Å². The van der Waals surface area contributed by atoms with Crippen LogP contribution in [0, 0.1) is 0 Å². The molecule has 1 amide bonds. The zero-order valence-corrected chi connectivity index (χ0v) is 21.8. The van der Waals surface area contributed by atoms with Crippen LogP contribution in [-0.4, -0.2) is 31.4 Å². The molecule has 3 rings (SSSR count). The van der Waals surface area contributed by atoms with Crippen LogP contribution in [-0.2, 0) is 6.42 Å². The fourth-order valence-electron chi connectivity index (χ4n) is 4.66. The summed E-state index contributed by atoms with van der Waals surface area (Å²) in [5.74, 6) is 1.49. The molecule has 0 unspecified atom stereocenters. The Morgan fingerprint density at radius 2 is 2.12 bits per heavy atom. The summed E-state index contributed by atoms with van der Waals surface area (Å²) in [4.78, 5) is 14.7. The fraction of sp³-hybridized carbons (Fsp3) is 0.464. The van der Waals surface area contributed by atoms with Crippen molar-refractivity contribution < 1.29 is 9.53 Å². The first kappa shape index (κ1) is 26.5. The van der Waals surface area contributed by atoms with Gasteiger partial charge < -0.3 is 15.4 Å². The largest absolute Gasteiger partial charge is 0.491 e. The van der Waals surface area contributed by atoms with Gasteiger partial charge in [-0.2, -0.15) is 12.6 Å². The van der Waals surface area contributed by atoms with Crippen LogP contribution < -0.4 is 15.4 Å². The summed E-state index contributed by atoms with van der Waals surface area (Å²) in [6.45, 7) is 4.58. The SMILES string of the molecule is CCN1CCC[C@H](/C=C/CCCS)c2c(C(N)=O)ccc(OCCCCc3cccc(Cl)c3)c21. The third kappa shape index (κ3) is 7.19. The number of aryl methyl sites for hydroxylation is 1. The number of ether oxygens (including phenoxy) is 1. The van der Waals surface area contributed by atoms with Gasteiger partial charge in [0.05, 0.1) is 12.3 Å². The summed E-state index contributed by atoms with van der Waals surface area (Å²) >= 11 is 10.4. The number of carbonyl (C=O) groups is 1. The molecule has 2 N–H and O–H groups in total. The van der Waals surface area contributed by atoms with Gasteiger partial charge in [-0.3, -0.25) is 4.79 Å². The number of benzene rings is 2. The molecule has 0 aliphatic carbocycles. The molecule has 1 atom stereocenters. The number of nitrogens with zero attached hydrogens (tertiary/aromatic N) is 1. The number of hydrogen-bond donors (Lipinski definition) is 2. The van der Waals surface area contributed by atoms with Gasteiger partial charge in [-0.15, -0.1) is 0 Å². The molecular weight excluding hydrogens is 464 g/mol. The van der Waals surface area contributed by atoms with Gasteiger partial charge in [0.15, 0.2) is 0 Å². The highest BCUT2D eigenvalue weighted by Gasteiger charge is 2.28. The number of amides is 1. The maximum Gasteiger partial charge on any atom is 0.249 e. The van der Waals surface area contributed by atoms with E-state index in [-0.39, 0.29) is 11.8 Å². The summed E-state index contributed by atoms with van der Waals surface area (Å²) in [6.07, 6.45) is 11.5. The van der Waals surface area contributed by atoms with Crippen LogP contribution in [0.15, 0.2) is 48.6 Å². The zero-order valence-electron chi connectivity index (χ0n) is 20.1. The van der Waals surface area contributed by atoms with E-state index in [1.165, 1.54) is 5.56 Å². The minimum atomic E-state index is -0.379. The first-order valence-corrected chi connectivity index (χ1v) is 13.4. The van der Waals surface area contributed by atoms with Gasteiger partial charge in [-0.25, -0.2) is 0 Å². The summed E-state index contributed by atoms with van der Waals surface area (Å²) < 4.78 is 6.33. The maximum atomic E-state index is 12.4. The van der Waals surface area contributed by atoms with Gasteiger partial charge in [-0.05, 0) is 93.0 Å². The molecule has 1 aliphatic heterocycles. The van der Waals surface area contributed by atoms with Crippen LogP contribution >= 0.6 is 24.2 Å². The minimum absolute atomic E-state index is 0.153. The van der Waals surface area contributed by atoms with Crippen molar-refractivity contribution in [3.8, 4) is 5.75 Å². The number of allylic oxidation sites excluding steroid dienone is 2. The van der Waals surface area contributed by atoms with Gasteiger partial charge in [0.25, 0.3) is 0 Å². The number of fused-ring (bicyclic) bond motifs is 1. The number of hydrogen-bond acceptors (Lipinski definition) is 4. The molecule has 0 bridgehead atoms. The Balaban J connectivity index is 1.79. The third-order valence-corrected chi connectivity index (χ3v) is 6.91. The van der Waals surface area contributed by atoms with E-state index in [0.29, 0.717) is 12.2 Å². The predicted molar refractivity (Wildman–Crippen MR) is 147 cm³/mol. The molecule has 4 nitrogen and oxygen atoms in total. The molecule has 2 aromatic carbocycles. The summed E-state index contributed by atoms with van der Waals surface area (Å²) in [7, 11) is 0. The standard InChI is InChI=1S/C28H37ClN2O2S/c1-2-31-17-9-13-22(12-4-3-7-19-34)26-24(28(30)32)15-16-25(27(26)31)33-18-6-5-10-21-11-8-14-23(29)20-21/h4,8,11-12,14-16,20,22,34H,2-3,5-7,9-10,13,17-19H2,1H3,(H2,30,32)/b12-4+/t22-/m0/s1. The Hall–Kier alpha value is -2.11. The van der Waals surface area contributed by atoms with Crippen LogP contribution in [0.4, 0.5) is 5.69 Å². The second kappa shape index (κ2) is 13.7. The van der Waals surface area contributed by atoms with Gasteiger partial charge >= 0.3 is 0 Å². The van der Waals surface area contributed by atoms with E-state index < -0.39 is 0 Å². The van der Waals surface area contributed by atoms with E-state index in [9.17, 15) is 4.79 Å². The lowest BCUT2D eigenvalue weighted by Gasteiger charge is -2.28. The molecule has 6 heteroatoms. The van der Waals surface area contributed by atoms with Crippen LogP contribution in [0.2, 0.25) is 5.02 Å². The molecule has 1 aliphatic rings. The van der Waals surface area contributed by atoms with Crippen LogP contribution in [0.3, 0.4) is 0 Å². The van der Waals surface area contributed by atoms with Crippen molar-refractivity contribution in [3.05, 3.63) is 70.3 Å². The number of primary amides is 1. The first-order chi connectivity index (χ1) is 16.5. The molecule has 34 heavy (non-hydrogen) atoms. The Kier molecular flexibility index (Phi) is 10.7. The van der Waals surface area contributed by atoms with Crippen molar-refractivity contribution in [2.75, 3.05) is 30.3 Å². The summed E-state index contributed by atoms with van der Waals surface area (Å²) in [6, 6.07) is 11.8. The Morgan fingerprint density at radius 3 is 2.85 bits per heavy atom. The molecular formula is C28H37ClN2O2S. The number of anilines is 1. The van der Waals surface area contributed by atoms with E-state index in [1.807, 2.05) is 30.3 Å². The van der Waals surface area contributed by atoms with Gasteiger partial charge in [0, 0.05) is 29.6 Å². The molecule has 0 saturated heterocycles. The van der Waals surface area contributed by atoms with Crippen molar-refractivity contribution in [2.24, 2.45) is 5.73 Å².